The first-order valence-electron chi connectivity index (χ1n) is 6.93. The van der Waals surface area contributed by atoms with Gasteiger partial charge in [-0.3, -0.25) is 0 Å². The van der Waals surface area contributed by atoms with Crippen molar-refractivity contribution in [2.45, 2.75) is 25.2 Å². The van der Waals surface area contributed by atoms with Gasteiger partial charge in [0.2, 0.25) is 10.0 Å². The van der Waals surface area contributed by atoms with E-state index >= 15 is 0 Å². The van der Waals surface area contributed by atoms with E-state index in [2.05, 4.69) is 23.5 Å². The summed E-state index contributed by atoms with van der Waals surface area (Å²) in [6, 6.07) is 4.95. The van der Waals surface area contributed by atoms with Crippen LogP contribution in [0.25, 0.3) is 0 Å². The van der Waals surface area contributed by atoms with Crippen LogP contribution in [0.5, 0.6) is 0 Å². The summed E-state index contributed by atoms with van der Waals surface area (Å²) in [4.78, 5) is 2.45. The highest BCUT2D eigenvalue weighted by Crippen LogP contribution is 2.31. The van der Waals surface area contributed by atoms with Crippen LogP contribution in [0.2, 0.25) is 0 Å². The van der Waals surface area contributed by atoms with Crippen LogP contribution < -0.4 is 15.4 Å². The molecule has 2 atom stereocenters. The quantitative estimate of drug-likeness (QED) is 0.832. The molecule has 6 heteroatoms. The summed E-state index contributed by atoms with van der Waals surface area (Å²) in [5.74, 6) is 1.33. The Balaban J connectivity index is 2.27. The van der Waals surface area contributed by atoms with E-state index in [4.69, 9.17) is 5.73 Å². The van der Waals surface area contributed by atoms with Gasteiger partial charge in [0.15, 0.2) is 0 Å². The minimum absolute atomic E-state index is 0.208. The first-order valence-corrected chi connectivity index (χ1v) is 8.41. The van der Waals surface area contributed by atoms with Crippen LogP contribution >= 0.6 is 0 Å². The highest BCUT2D eigenvalue weighted by molar-refractivity contribution is 7.89. The molecule has 1 aromatic rings. The van der Waals surface area contributed by atoms with Crippen molar-refractivity contribution in [2.75, 3.05) is 30.8 Å². The minimum Gasteiger partial charge on any atom is -0.397 e. The van der Waals surface area contributed by atoms with Crippen molar-refractivity contribution < 1.29 is 8.42 Å². The fraction of sp³-hybridized carbons (Fsp3) is 0.571. The van der Waals surface area contributed by atoms with Gasteiger partial charge in [0.25, 0.3) is 0 Å². The molecule has 5 nitrogen and oxygen atoms in total. The Hall–Kier alpha value is -1.27. The second-order valence-electron chi connectivity index (χ2n) is 5.62. The molecule has 1 aromatic carbocycles. The van der Waals surface area contributed by atoms with Gasteiger partial charge in [-0.25, -0.2) is 13.1 Å². The predicted octanol–water partition coefficient (Wildman–Crippen LogP) is 1.66. The smallest absolute Gasteiger partial charge is 0.240 e. The van der Waals surface area contributed by atoms with Crippen molar-refractivity contribution in [3.63, 3.8) is 0 Å². The summed E-state index contributed by atoms with van der Waals surface area (Å²) in [6.45, 7) is 6.44. The van der Waals surface area contributed by atoms with Crippen LogP contribution in [0.15, 0.2) is 23.1 Å². The summed E-state index contributed by atoms with van der Waals surface area (Å²) in [5, 5.41) is 0. The summed E-state index contributed by atoms with van der Waals surface area (Å²) in [6.07, 6.45) is 1.14. The topological polar surface area (TPSA) is 75.4 Å². The van der Waals surface area contributed by atoms with Gasteiger partial charge >= 0.3 is 0 Å². The summed E-state index contributed by atoms with van der Waals surface area (Å²) < 4.78 is 25.8. The SMILES string of the molecule is CNS(=O)(=O)c1ccc(N2CCC(C)C(C)C2)c(N)c1. The molecule has 1 heterocycles. The number of benzene rings is 1. The lowest BCUT2D eigenvalue weighted by Gasteiger charge is -2.37. The van der Waals surface area contributed by atoms with Gasteiger partial charge in [-0.2, -0.15) is 0 Å². The van der Waals surface area contributed by atoms with Crippen molar-refractivity contribution in [3.8, 4) is 0 Å². The van der Waals surface area contributed by atoms with E-state index < -0.39 is 10.0 Å². The number of hydrogen-bond donors (Lipinski definition) is 2. The molecule has 0 radical (unpaired) electrons. The Morgan fingerprint density at radius 1 is 1.30 bits per heavy atom. The molecule has 1 aliphatic heterocycles. The van der Waals surface area contributed by atoms with Crippen LogP contribution in [0.4, 0.5) is 11.4 Å². The molecule has 0 aromatic heterocycles. The zero-order chi connectivity index (χ0) is 14.9. The maximum absolute atomic E-state index is 11.8. The molecule has 2 unspecified atom stereocenters. The second-order valence-corrected chi connectivity index (χ2v) is 7.50. The Morgan fingerprint density at radius 3 is 2.55 bits per heavy atom. The number of nitrogens with two attached hydrogens (primary N) is 1. The first-order chi connectivity index (χ1) is 9.35. The maximum Gasteiger partial charge on any atom is 0.240 e. The first kappa shape index (κ1) is 15.1. The Labute approximate surface area is 121 Å². The molecular weight excluding hydrogens is 274 g/mol. The van der Waals surface area contributed by atoms with Gasteiger partial charge < -0.3 is 10.6 Å². The zero-order valence-electron chi connectivity index (χ0n) is 12.3. The number of piperidine rings is 1. The third-order valence-corrected chi connectivity index (χ3v) is 5.66. The standard InChI is InChI=1S/C14H23N3O2S/c1-10-6-7-17(9-11(10)2)14-5-4-12(8-13(14)15)20(18,19)16-3/h4-5,8,10-11,16H,6-7,9,15H2,1-3H3. The molecule has 0 spiro atoms. The number of rotatable bonds is 3. The molecule has 0 saturated carbocycles. The number of nitrogens with one attached hydrogen (secondary N) is 1. The predicted molar refractivity (Wildman–Crippen MR) is 82.3 cm³/mol. The second kappa shape index (κ2) is 5.61. The fourth-order valence-corrected chi connectivity index (χ4v) is 3.35. The monoisotopic (exact) mass is 297 g/mol. The average molecular weight is 297 g/mol. The van der Waals surface area contributed by atoms with Gasteiger partial charge in [-0.1, -0.05) is 13.8 Å². The van der Waals surface area contributed by atoms with Gasteiger partial charge in [-0.15, -0.1) is 0 Å². The highest BCUT2D eigenvalue weighted by atomic mass is 32.2. The molecule has 0 amide bonds. The van der Waals surface area contributed by atoms with Crippen LogP contribution in [-0.4, -0.2) is 28.6 Å². The van der Waals surface area contributed by atoms with Gasteiger partial charge in [0, 0.05) is 13.1 Å². The zero-order valence-corrected chi connectivity index (χ0v) is 13.1. The summed E-state index contributed by atoms with van der Waals surface area (Å²) in [5.41, 5.74) is 7.50. The van der Waals surface area contributed by atoms with E-state index in [1.807, 2.05) is 6.07 Å². The van der Waals surface area contributed by atoms with Crippen molar-refractivity contribution in [1.29, 1.82) is 0 Å². The molecule has 1 saturated heterocycles. The molecule has 0 aliphatic carbocycles. The number of nitrogens with zero attached hydrogens (tertiary/aromatic N) is 1. The molecule has 2 rings (SSSR count). The number of nitrogen functional groups attached to an aromatic ring is 1. The Bertz CT molecular complexity index is 586. The van der Waals surface area contributed by atoms with E-state index in [1.54, 1.807) is 6.07 Å². The lowest BCUT2D eigenvalue weighted by atomic mass is 9.88. The molecule has 112 valence electrons. The van der Waals surface area contributed by atoms with Gasteiger partial charge in [0.1, 0.15) is 0 Å². The largest absolute Gasteiger partial charge is 0.397 e. The van der Waals surface area contributed by atoms with E-state index in [0.29, 0.717) is 11.6 Å². The summed E-state index contributed by atoms with van der Waals surface area (Å²) in [7, 11) is -2.04. The highest BCUT2D eigenvalue weighted by Gasteiger charge is 2.24. The minimum atomic E-state index is -3.44. The molecule has 1 fully saturated rings. The van der Waals surface area contributed by atoms with Crippen molar-refractivity contribution >= 4 is 21.4 Å². The summed E-state index contributed by atoms with van der Waals surface area (Å²) >= 11 is 0. The molecule has 3 N–H and O–H groups in total. The number of sulfonamides is 1. The fourth-order valence-electron chi connectivity index (χ4n) is 2.59. The van der Waals surface area contributed by atoms with Crippen molar-refractivity contribution in [2.24, 2.45) is 11.8 Å². The number of anilines is 2. The molecular formula is C14H23N3O2S. The van der Waals surface area contributed by atoms with Crippen molar-refractivity contribution in [1.82, 2.24) is 4.72 Å². The van der Waals surface area contributed by atoms with E-state index in [0.717, 1.165) is 31.1 Å². The van der Waals surface area contributed by atoms with Gasteiger partial charge in [-0.05, 0) is 43.5 Å². The van der Waals surface area contributed by atoms with Gasteiger partial charge in [0.05, 0.1) is 16.3 Å². The maximum atomic E-state index is 11.8. The van der Waals surface area contributed by atoms with Crippen LogP contribution in [0, 0.1) is 11.8 Å². The van der Waals surface area contributed by atoms with Crippen LogP contribution in [0.3, 0.4) is 0 Å². The number of hydrogen-bond acceptors (Lipinski definition) is 4. The third kappa shape index (κ3) is 2.91. The third-order valence-electron chi connectivity index (χ3n) is 4.25. The lowest BCUT2D eigenvalue weighted by Crippen LogP contribution is -2.38. The Morgan fingerprint density at radius 2 is 2.00 bits per heavy atom. The van der Waals surface area contributed by atoms with E-state index in [9.17, 15) is 8.42 Å². The average Bonchev–Trinajstić information content (AvgIpc) is 2.42. The van der Waals surface area contributed by atoms with E-state index in [1.165, 1.54) is 13.1 Å². The van der Waals surface area contributed by atoms with E-state index in [-0.39, 0.29) is 4.90 Å². The molecule has 1 aliphatic rings. The molecule has 0 bridgehead atoms. The van der Waals surface area contributed by atoms with Crippen molar-refractivity contribution in [3.05, 3.63) is 18.2 Å². The Kier molecular flexibility index (Phi) is 4.25. The normalized spacial score (nSPS) is 23.9. The lowest BCUT2D eigenvalue weighted by molar-refractivity contribution is 0.324. The van der Waals surface area contributed by atoms with Crippen LogP contribution in [0.1, 0.15) is 20.3 Å². The molecule has 20 heavy (non-hydrogen) atoms. The van der Waals surface area contributed by atoms with Crippen LogP contribution in [-0.2, 0) is 10.0 Å².